The maximum atomic E-state index is 5.44. The smallest absolute Gasteiger partial charge is 0.132 e. The van der Waals surface area contributed by atoms with Gasteiger partial charge >= 0.3 is 0 Å². The molecule has 0 radical (unpaired) electrons. The Hall–Kier alpha value is -0.650. The molecule has 1 aliphatic rings. The van der Waals surface area contributed by atoms with Crippen molar-refractivity contribution in [1.82, 2.24) is 10.3 Å². The minimum Gasteiger partial charge on any atom is -0.381 e. The molecular formula is C16H26BrN3O. The highest BCUT2D eigenvalue weighted by Gasteiger charge is 2.18. The zero-order valence-corrected chi connectivity index (χ0v) is 14.7. The second kappa shape index (κ2) is 8.71. The van der Waals surface area contributed by atoms with Crippen LogP contribution >= 0.6 is 15.9 Å². The van der Waals surface area contributed by atoms with E-state index in [0.717, 1.165) is 62.4 Å². The first-order chi connectivity index (χ1) is 10.2. The van der Waals surface area contributed by atoms with Crippen molar-refractivity contribution in [3.63, 3.8) is 0 Å². The number of halogens is 1. The van der Waals surface area contributed by atoms with E-state index in [1.807, 2.05) is 6.20 Å². The van der Waals surface area contributed by atoms with Gasteiger partial charge in [-0.25, -0.2) is 4.98 Å². The van der Waals surface area contributed by atoms with Gasteiger partial charge in [0.2, 0.25) is 0 Å². The zero-order valence-electron chi connectivity index (χ0n) is 13.1. The number of rotatable bonds is 7. The summed E-state index contributed by atoms with van der Waals surface area (Å²) in [5.74, 6) is 1.80. The van der Waals surface area contributed by atoms with E-state index in [9.17, 15) is 0 Å². The van der Waals surface area contributed by atoms with Crippen molar-refractivity contribution < 1.29 is 4.74 Å². The molecule has 118 valence electrons. The monoisotopic (exact) mass is 355 g/mol. The van der Waals surface area contributed by atoms with Crippen LogP contribution in [0.5, 0.6) is 0 Å². The Kier molecular flexibility index (Phi) is 6.93. The van der Waals surface area contributed by atoms with Gasteiger partial charge in [-0.15, -0.1) is 0 Å². The summed E-state index contributed by atoms with van der Waals surface area (Å²) >= 11 is 3.53. The zero-order chi connectivity index (χ0) is 15.1. The first kappa shape index (κ1) is 16.7. The minimum absolute atomic E-state index is 0.714. The van der Waals surface area contributed by atoms with Gasteiger partial charge in [0.1, 0.15) is 5.82 Å². The lowest BCUT2D eigenvalue weighted by Crippen LogP contribution is -2.31. The van der Waals surface area contributed by atoms with Crippen LogP contribution in [0.25, 0.3) is 0 Å². The number of pyridine rings is 1. The molecule has 5 heteroatoms. The van der Waals surface area contributed by atoms with Crippen molar-refractivity contribution in [1.29, 1.82) is 0 Å². The van der Waals surface area contributed by atoms with Crippen molar-refractivity contribution in [2.45, 2.75) is 32.7 Å². The van der Waals surface area contributed by atoms with Gasteiger partial charge in [0.25, 0.3) is 0 Å². The highest BCUT2D eigenvalue weighted by molar-refractivity contribution is 9.10. The van der Waals surface area contributed by atoms with Crippen LogP contribution in [0, 0.1) is 5.92 Å². The van der Waals surface area contributed by atoms with Crippen LogP contribution in [0.15, 0.2) is 16.7 Å². The van der Waals surface area contributed by atoms with Crippen LogP contribution in [0.2, 0.25) is 0 Å². The molecule has 1 saturated heterocycles. The number of anilines is 1. The van der Waals surface area contributed by atoms with Crippen LogP contribution in [-0.4, -0.2) is 38.3 Å². The lowest BCUT2D eigenvalue weighted by atomic mass is 10.00. The highest BCUT2D eigenvalue weighted by atomic mass is 79.9. The van der Waals surface area contributed by atoms with Crippen molar-refractivity contribution in [2.75, 3.05) is 38.3 Å². The first-order valence-electron chi connectivity index (χ1n) is 7.84. The molecule has 4 nitrogen and oxygen atoms in total. The molecule has 21 heavy (non-hydrogen) atoms. The third kappa shape index (κ3) is 5.24. The molecule has 1 fully saturated rings. The van der Waals surface area contributed by atoms with Crippen molar-refractivity contribution in [2.24, 2.45) is 5.92 Å². The van der Waals surface area contributed by atoms with E-state index in [0.29, 0.717) is 5.92 Å². The van der Waals surface area contributed by atoms with E-state index >= 15 is 0 Å². The standard InChI is InChI=1S/C16H26BrN3O/c1-3-6-18-10-14-9-15(17)11-19-16(14)20(2)12-13-4-7-21-8-5-13/h9,11,13,18H,3-8,10,12H2,1-2H3. The summed E-state index contributed by atoms with van der Waals surface area (Å²) in [5, 5.41) is 3.47. The van der Waals surface area contributed by atoms with Gasteiger partial charge in [0, 0.05) is 49.6 Å². The maximum absolute atomic E-state index is 5.44. The second-order valence-electron chi connectivity index (χ2n) is 5.75. The molecule has 0 saturated carbocycles. The largest absolute Gasteiger partial charge is 0.381 e. The van der Waals surface area contributed by atoms with Gasteiger partial charge in [-0.2, -0.15) is 0 Å². The number of aromatic nitrogens is 1. The van der Waals surface area contributed by atoms with Gasteiger partial charge in [0.05, 0.1) is 0 Å². The topological polar surface area (TPSA) is 37.4 Å². The molecule has 0 amide bonds. The third-order valence-electron chi connectivity index (χ3n) is 3.89. The molecule has 1 aromatic heterocycles. The predicted octanol–water partition coefficient (Wildman–Crippen LogP) is 3.21. The molecule has 2 rings (SSSR count). The highest BCUT2D eigenvalue weighted by Crippen LogP contribution is 2.23. The van der Waals surface area contributed by atoms with E-state index in [4.69, 9.17) is 4.74 Å². The SMILES string of the molecule is CCCNCc1cc(Br)cnc1N(C)CC1CCOCC1. The van der Waals surface area contributed by atoms with Gasteiger partial charge in [-0.3, -0.25) is 0 Å². The average molecular weight is 356 g/mol. The number of hydrogen-bond donors (Lipinski definition) is 1. The van der Waals surface area contributed by atoms with E-state index in [-0.39, 0.29) is 0 Å². The van der Waals surface area contributed by atoms with Crippen LogP contribution in [-0.2, 0) is 11.3 Å². The van der Waals surface area contributed by atoms with Crippen molar-refractivity contribution >= 4 is 21.7 Å². The summed E-state index contributed by atoms with van der Waals surface area (Å²) < 4.78 is 6.48. The Morgan fingerprint density at radius 2 is 2.19 bits per heavy atom. The molecule has 1 N–H and O–H groups in total. The Morgan fingerprint density at radius 1 is 1.43 bits per heavy atom. The van der Waals surface area contributed by atoms with Crippen molar-refractivity contribution in [3.05, 3.63) is 22.3 Å². The quantitative estimate of drug-likeness (QED) is 0.762. The number of hydrogen-bond acceptors (Lipinski definition) is 4. The van der Waals surface area contributed by atoms with Crippen LogP contribution in [0.1, 0.15) is 31.7 Å². The Labute approximate surface area is 136 Å². The molecule has 0 aromatic carbocycles. The second-order valence-corrected chi connectivity index (χ2v) is 6.66. The van der Waals surface area contributed by atoms with Crippen LogP contribution < -0.4 is 10.2 Å². The van der Waals surface area contributed by atoms with Gasteiger partial charge in [0.15, 0.2) is 0 Å². The molecule has 2 heterocycles. The van der Waals surface area contributed by atoms with E-state index in [2.05, 4.69) is 51.2 Å². The average Bonchev–Trinajstić information content (AvgIpc) is 2.48. The Morgan fingerprint density at radius 3 is 2.90 bits per heavy atom. The minimum atomic E-state index is 0.714. The molecule has 0 unspecified atom stereocenters. The Balaban J connectivity index is 2.01. The lowest BCUT2D eigenvalue weighted by Gasteiger charge is -2.29. The molecule has 0 atom stereocenters. The van der Waals surface area contributed by atoms with Crippen molar-refractivity contribution in [3.8, 4) is 0 Å². The summed E-state index contributed by atoms with van der Waals surface area (Å²) in [6.07, 6.45) is 5.35. The van der Waals surface area contributed by atoms with E-state index < -0.39 is 0 Å². The Bertz CT molecular complexity index is 436. The predicted molar refractivity (Wildman–Crippen MR) is 90.7 cm³/mol. The summed E-state index contributed by atoms with van der Waals surface area (Å²) in [4.78, 5) is 6.93. The van der Waals surface area contributed by atoms with Gasteiger partial charge in [-0.05, 0) is 53.7 Å². The maximum Gasteiger partial charge on any atom is 0.132 e. The summed E-state index contributed by atoms with van der Waals surface area (Å²) in [6.45, 7) is 6.95. The van der Waals surface area contributed by atoms with Crippen LogP contribution in [0.3, 0.4) is 0 Å². The number of nitrogens with zero attached hydrogens (tertiary/aromatic N) is 2. The molecule has 1 aliphatic heterocycles. The summed E-state index contributed by atoms with van der Waals surface area (Å²) in [7, 11) is 2.15. The third-order valence-corrected chi connectivity index (χ3v) is 4.32. The summed E-state index contributed by atoms with van der Waals surface area (Å²) in [6, 6.07) is 2.17. The van der Waals surface area contributed by atoms with Gasteiger partial charge in [-0.1, -0.05) is 6.92 Å². The molecule has 0 spiro atoms. The first-order valence-corrected chi connectivity index (χ1v) is 8.64. The fraction of sp³-hybridized carbons (Fsp3) is 0.688. The normalized spacial score (nSPS) is 16.1. The molecule has 0 bridgehead atoms. The van der Waals surface area contributed by atoms with Gasteiger partial charge < -0.3 is 15.0 Å². The molecular weight excluding hydrogens is 330 g/mol. The molecule has 1 aromatic rings. The van der Waals surface area contributed by atoms with E-state index in [1.54, 1.807) is 0 Å². The van der Waals surface area contributed by atoms with E-state index in [1.165, 1.54) is 5.56 Å². The lowest BCUT2D eigenvalue weighted by molar-refractivity contribution is 0.0685. The number of ether oxygens (including phenoxy) is 1. The molecule has 0 aliphatic carbocycles. The number of nitrogens with one attached hydrogen (secondary N) is 1. The summed E-state index contributed by atoms with van der Waals surface area (Å²) in [5.41, 5.74) is 1.26. The fourth-order valence-electron chi connectivity index (χ4n) is 2.75. The van der Waals surface area contributed by atoms with Crippen LogP contribution in [0.4, 0.5) is 5.82 Å². The fourth-order valence-corrected chi connectivity index (χ4v) is 3.13.